The number of allylic oxidation sites excluding steroid dienone is 1. The average molecular weight is 300 g/mol. The standard InChI is InChI=1S/C14H22BrNO/c1-3-5-6-7-8-9-13(16-4-2)12-10-11-17-14(12)15/h3,10-11,13,16H,1,4-9H2,2H3. The van der Waals surface area contributed by atoms with Crippen LogP contribution in [0.15, 0.2) is 34.1 Å². The Morgan fingerprint density at radius 2 is 2.29 bits per heavy atom. The summed E-state index contributed by atoms with van der Waals surface area (Å²) in [6.07, 6.45) is 9.77. The van der Waals surface area contributed by atoms with Gasteiger partial charge >= 0.3 is 0 Å². The molecule has 0 bridgehead atoms. The molecular weight excluding hydrogens is 278 g/mol. The van der Waals surface area contributed by atoms with E-state index in [1.54, 1.807) is 6.26 Å². The molecule has 2 nitrogen and oxygen atoms in total. The highest BCUT2D eigenvalue weighted by Gasteiger charge is 2.14. The van der Waals surface area contributed by atoms with Crippen LogP contribution in [0.1, 0.15) is 50.6 Å². The molecule has 0 amide bonds. The first-order chi connectivity index (χ1) is 8.29. The number of unbranched alkanes of at least 4 members (excludes halogenated alkanes) is 3. The molecule has 0 radical (unpaired) electrons. The van der Waals surface area contributed by atoms with Crippen molar-refractivity contribution in [3.05, 3.63) is 35.2 Å². The Balaban J connectivity index is 2.39. The van der Waals surface area contributed by atoms with Gasteiger partial charge in [-0.15, -0.1) is 6.58 Å². The molecule has 1 aromatic heterocycles. The molecule has 96 valence electrons. The Hall–Kier alpha value is -0.540. The highest BCUT2D eigenvalue weighted by atomic mass is 79.9. The summed E-state index contributed by atoms with van der Waals surface area (Å²) in [5.41, 5.74) is 1.23. The van der Waals surface area contributed by atoms with E-state index in [1.165, 1.54) is 24.8 Å². The third-order valence-corrected chi connectivity index (χ3v) is 3.52. The number of rotatable bonds is 9. The fourth-order valence-electron chi connectivity index (χ4n) is 1.98. The van der Waals surface area contributed by atoms with E-state index in [-0.39, 0.29) is 0 Å². The molecule has 1 aromatic rings. The Labute approximate surface area is 113 Å². The molecule has 0 fully saturated rings. The number of halogens is 1. The fourth-order valence-corrected chi connectivity index (χ4v) is 2.50. The minimum absolute atomic E-state index is 0.400. The zero-order valence-electron chi connectivity index (χ0n) is 10.5. The molecule has 0 aliphatic carbocycles. The molecule has 17 heavy (non-hydrogen) atoms. The first-order valence-electron chi connectivity index (χ1n) is 6.36. The molecule has 0 saturated carbocycles. The van der Waals surface area contributed by atoms with Gasteiger partial charge in [-0.3, -0.25) is 0 Å². The van der Waals surface area contributed by atoms with Gasteiger partial charge in [-0.1, -0.05) is 25.8 Å². The lowest BCUT2D eigenvalue weighted by Gasteiger charge is -2.16. The second-order valence-electron chi connectivity index (χ2n) is 4.19. The summed E-state index contributed by atoms with van der Waals surface area (Å²) in [6, 6.07) is 2.44. The van der Waals surface area contributed by atoms with Gasteiger partial charge in [-0.05, 0) is 47.8 Å². The van der Waals surface area contributed by atoms with Gasteiger partial charge in [0.1, 0.15) is 0 Å². The summed E-state index contributed by atoms with van der Waals surface area (Å²) < 4.78 is 6.16. The third kappa shape index (κ3) is 5.09. The summed E-state index contributed by atoms with van der Waals surface area (Å²) >= 11 is 3.45. The van der Waals surface area contributed by atoms with E-state index in [0.29, 0.717) is 6.04 Å². The van der Waals surface area contributed by atoms with Gasteiger partial charge < -0.3 is 9.73 Å². The van der Waals surface area contributed by atoms with Crippen LogP contribution < -0.4 is 5.32 Å². The fraction of sp³-hybridized carbons (Fsp3) is 0.571. The van der Waals surface area contributed by atoms with Crippen molar-refractivity contribution in [2.24, 2.45) is 0 Å². The lowest BCUT2D eigenvalue weighted by molar-refractivity contribution is 0.468. The number of hydrogen-bond acceptors (Lipinski definition) is 2. The quantitative estimate of drug-likeness (QED) is 0.522. The molecule has 1 N–H and O–H groups in total. The Morgan fingerprint density at radius 1 is 1.47 bits per heavy atom. The minimum Gasteiger partial charge on any atom is -0.457 e. The van der Waals surface area contributed by atoms with Crippen LogP contribution in [0.25, 0.3) is 0 Å². The molecule has 3 heteroatoms. The zero-order valence-corrected chi connectivity index (χ0v) is 12.1. The smallest absolute Gasteiger partial charge is 0.173 e. The topological polar surface area (TPSA) is 25.2 Å². The summed E-state index contributed by atoms with van der Waals surface area (Å²) in [5, 5.41) is 3.51. The van der Waals surface area contributed by atoms with E-state index >= 15 is 0 Å². The monoisotopic (exact) mass is 299 g/mol. The number of hydrogen-bond donors (Lipinski definition) is 1. The zero-order chi connectivity index (χ0) is 12.5. The van der Waals surface area contributed by atoms with Crippen LogP contribution in [0.5, 0.6) is 0 Å². The lowest BCUT2D eigenvalue weighted by Crippen LogP contribution is -2.20. The van der Waals surface area contributed by atoms with Crippen molar-refractivity contribution in [3.8, 4) is 0 Å². The molecular formula is C14H22BrNO. The van der Waals surface area contributed by atoms with Crippen molar-refractivity contribution < 1.29 is 4.42 Å². The van der Waals surface area contributed by atoms with Crippen molar-refractivity contribution >= 4 is 15.9 Å². The maximum atomic E-state index is 5.30. The predicted octanol–water partition coefficient (Wildman–Crippen LogP) is 4.83. The molecule has 1 atom stereocenters. The molecule has 0 spiro atoms. The summed E-state index contributed by atoms with van der Waals surface area (Å²) in [4.78, 5) is 0. The summed E-state index contributed by atoms with van der Waals surface area (Å²) in [6.45, 7) is 6.86. The van der Waals surface area contributed by atoms with E-state index in [4.69, 9.17) is 4.42 Å². The van der Waals surface area contributed by atoms with Gasteiger partial charge in [0.05, 0.1) is 6.26 Å². The molecule has 1 heterocycles. The highest BCUT2D eigenvalue weighted by molar-refractivity contribution is 9.10. The van der Waals surface area contributed by atoms with Crippen LogP contribution in [0.4, 0.5) is 0 Å². The van der Waals surface area contributed by atoms with Crippen molar-refractivity contribution in [3.63, 3.8) is 0 Å². The van der Waals surface area contributed by atoms with Crippen LogP contribution in [-0.4, -0.2) is 6.54 Å². The van der Waals surface area contributed by atoms with Crippen LogP contribution in [-0.2, 0) is 0 Å². The number of nitrogens with one attached hydrogen (secondary N) is 1. The van der Waals surface area contributed by atoms with Gasteiger partial charge in [0.15, 0.2) is 4.67 Å². The van der Waals surface area contributed by atoms with E-state index in [2.05, 4.69) is 34.7 Å². The van der Waals surface area contributed by atoms with E-state index in [9.17, 15) is 0 Å². The van der Waals surface area contributed by atoms with Crippen molar-refractivity contribution in [2.75, 3.05) is 6.54 Å². The van der Waals surface area contributed by atoms with E-state index in [1.807, 2.05) is 12.1 Å². The maximum absolute atomic E-state index is 5.30. The first-order valence-corrected chi connectivity index (χ1v) is 7.16. The number of furan rings is 1. The van der Waals surface area contributed by atoms with Gasteiger partial charge in [0.2, 0.25) is 0 Å². The van der Waals surface area contributed by atoms with Gasteiger partial charge in [0.25, 0.3) is 0 Å². The third-order valence-electron chi connectivity index (χ3n) is 2.87. The molecule has 0 aliphatic rings. The second-order valence-corrected chi connectivity index (χ2v) is 4.91. The predicted molar refractivity (Wildman–Crippen MR) is 76.1 cm³/mol. The second kappa shape index (κ2) is 8.54. The highest BCUT2D eigenvalue weighted by Crippen LogP contribution is 2.28. The maximum Gasteiger partial charge on any atom is 0.173 e. The largest absolute Gasteiger partial charge is 0.457 e. The van der Waals surface area contributed by atoms with Gasteiger partial charge in [-0.2, -0.15) is 0 Å². The van der Waals surface area contributed by atoms with Gasteiger partial charge in [-0.25, -0.2) is 0 Å². The molecule has 0 aliphatic heterocycles. The minimum atomic E-state index is 0.400. The van der Waals surface area contributed by atoms with Gasteiger partial charge in [0, 0.05) is 11.6 Å². The normalized spacial score (nSPS) is 12.6. The first kappa shape index (κ1) is 14.5. The van der Waals surface area contributed by atoms with Crippen LogP contribution >= 0.6 is 15.9 Å². The summed E-state index contributed by atoms with van der Waals surface area (Å²) in [7, 11) is 0. The average Bonchev–Trinajstić information content (AvgIpc) is 2.74. The Morgan fingerprint density at radius 3 is 2.88 bits per heavy atom. The van der Waals surface area contributed by atoms with Crippen LogP contribution in [0, 0.1) is 0 Å². The molecule has 0 saturated heterocycles. The van der Waals surface area contributed by atoms with Crippen LogP contribution in [0.2, 0.25) is 0 Å². The molecule has 0 aromatic carbocycles. The lowest BCUT2D eigenvalue weighted by atomic mass is 10.0. The SMILES string of the molecule is C=CCCCCCC(NCC)c1ccoc1Br. The van der Waals surface area contributed by atoms with Crippen molar-refractivity contribution in [1.82, 2.24) is 5.32 Å². The molecule has 1 rings (SSSR count). The summed E-state index contributed by atoms with van der Waals surface area (Å²) in [5.74, 6) is 0. The molecule has 1 unspecified atom stereocenters. The van der Waals surface area contributed by atoms with Crippen molar-refractivity contribution in [2.45, 2.75) is 45.1 Å². The van der Waals surface area contributed by atoms with Crippen molar-refractivity contribution in [1.29, 1.82) is 0 Å². The Bertz CT molecular complexity index is 322. The van der Waals surface area contributed by atoms with E-state index in [0.717, 1.165) is 24.1 Å². The van der Waals surface area contributed by atoms with Crippen LogP contribution in [0.3, 0.4) is 0 Å². The Kier molecular flexibility index (Phi) is 7.29. The van der Waals surface area contributed by atoms with E-state index < -0.39 is 0 Å².